The molecule has 1 aromatic heterocycles. The lowest BCUT2D eigenvalue weighted by Crippen LogP contribution is -2.06. The number of anilines is 1. The van der Waals surface area contributed by atoms with Crippen molar-refractivity contribution >= 4 is 17.2 Å². The van der Waals surface area contributed by atoms with Crippen LogP contribution in [0.15, 0.2) is 18.2 Å². The van der Waals surface area contributed by atoms with Crippen LogP contribution in [0.4, 0.5) is 18.9 Å². The van der Waals surface area contributed by atoms with E-state index < -0.39 is 12.0 Å². The maximum Gasteiger partial charge on any atom is 0.452 e. The third kappa shape index (κ3) is 2.70. The number of ether oxygens (including phenoxy) is 1. The second-order valence-electron chi connectivity index (χ2n) is 3.51. The molecular formula is C10H8F3N3OS. The van der Waals surface area contributed by atoms with Crippen molar-refractivity contribution in [2.45, 2.75) is 13.1 Å². The van der Waals surface area contributed by atoms with Gasteiger partial charge in [0, 0.05) is 17.2 Å². The maximum absolute atomic E-state index is 12.3. The molecule has 0 aliphatic rings. The Morgan fingerprint density at radius 2 is 2.06 bits per heavy atom. The van der Waals surface area contributed by atoms with Crippen LogP contribution in [-0.4, -0.2) is 9.36 Å². The van der Waals surface area contributed by atoms with Gasteiger partial charge in [-0.1, -0.05) is 0 Å². The molecule has 1 heterocycles. The molecule has 0 saturated carbocycles. The Bertz CT molecular complexity index is 568. The zero-order chi connectivity index (χ0) is 13.3. The van der Waals surface area contributed by atoms with Gasteiger partial charge in [-0.2, -0.15) is 22.5 Å². The van der Waals surface area contributed by atoms with Crippen molar-refractivity contribution in [3.63, 3.8) is 0 Å². The van der Waals surface area contributed by atoms with E-state index in [1.807, 2.05) is 0 Å². The molecule has 0 spiro atoms. The molecule has 0 radical (unpaired) electrons. The number of alkyl halides is 3. The molecule has 0 fully saturated rings. The second kappa shape index (κ2) is 4.45. The van der Waals surface area contributed by atoms with Gasteiger partial charge in [-0.25, -0.2) is 0 Å². The average molecular weight is 275 g/mol. The van der Waals surface area contributed by atoms with Crippen molar-refractivity contribution < 1.29 is 17.9 Å². The zero-order valence-electron chi connectivity index (χ0n) is 9.15. The van der Waals surface area contributed by atoms with E-state index in [0.717, 1.165) is 0 Å². The molecule has 18 heavy (non-hydrogen) atoms. The van der Waals surface area contributed by atoms with Crippen molar-refractivity contribution in [1.29, 1.82) is 0 Å². The van der Waals surface area contributed by atoms with Crippen molar-refractivity contribution in [3.05, 3.63) is 29.6 Å². The number of hydrogen-bond acceptors (Lipinski definition) is 5. The average Bonchev–Trinajstić information content (AvgIpc) is 2.70. The molecule has 0 aliphatic carbocycles. The minimum Gasteiger partial charge on any atom is -0.430 e. The van der Waals surface area contributed by atoms with Gasteiger partial charge in [0.05, 0.1) is 0 Å². The highest BCUT2D eigenvalue weighted by atomic mass is 32.1. The van der Waals surface area contributed by atoms with Crippen molar-refractivity contribution in [1.82, 2.24) is 9.36 Å². The third-order valence-electron chi connectivity index (χ3n) is 2.06. The van der Waals surface area contributed by atoms with Crippen molar-refractivity contribution in [2.24, 2.45) is 0 Å². The van der Waals surface area contributed by atoms with Gasteiger partial charge in [-0.15, -0.1) is 0 Å². The van der Waals surface area contributed by atoms with Gasteiger partial charge in [-0.3, -0.25) is 0 Å². The molecule has 2 rings (SSSR count). The van der Waals surface area contributed by atoms with Crippen LogP contribution in [-0.2, 0) is 6.18 Å². The standard InChI is InChI=1S/C10H8F3N3OS/c1-5-4-6(14)2-3-7(5)17-9-15-8(16-18-9)10(11,12)13/h2-4H,14H2,1H3. The van der Waals surface area contributed by atoms with E-state index in [1.165, 1.54) is 0 Å². The van der Waals surface area contributed by atoms with E-state index in [4.69, 9.17) is 10.5 Å². The first-order valence-corrected chi connectivity index (χ1v) is 5.58. The quantitative estimate of drug-likeness (QED) is 0.855. The molecule has 8 heteroatoms. The molecule has 2 aromatic rings. The van der Waals surface area contributed by atoms with Crippen LogP contribution >= 0.6 is 11.5 Å². The Morgan fingerprint density at radius 1 is 1.33 bits per heavy atom. The van der Waals surface area contributed by atoms with E-state index in [2.05, 4.69) is 9.36 Å². The topological polar surface area (TPSA) is 61.0 Å². The molecular weight excluding hydrogens is 267 g/mol. The fourth-order valence-electron chi connectivity index (χ4n) is 1.25. The highest BCUT2D eigenvalue weighted by Crippen LogP contribution is 2.32. The smallest absolute Gasteiger partial charge is 0.430 e. The van der Waals surface area contributed by atoms with Crippen LogP contribution in [0.1, 0.15) is 11.4 Å². The van der Waals surface area contributed by atoms with Gasteiger partial charge in [0.15, 0.2) is 0 Å². The van der Waals surface area contributed by atoms with Gasteiger partial charge >= 0.3 is 6.18 Å². The first-order valence-electron chi connectivity index (χ1n) is 4.81. The number of nitrogens with two attached hydrogens (primary N) is 1. The lowest BCUT2D eigenvalue weighted by molar-refractivity contribution is -0.144. The van der Waals surface area contributed by atoms with Crippen molar-refractivity contribution in [2.75, 3.05) is 5.73 Å². The molecule has 0 saturated heterocycles. The molecule has 0 atom stereocenters. The van der Waals surface area contributed by atoms with Gasteiger partial charge in [0.1, 0.15) is 5.75 Å². The molecule has 4 nitrogen and oxygen atoms in total. The Labute approximate surface area is 104 Å². The first-order chi connectivity index (χ1) is 8.36. The summed E-state index contributed by atoms with van der Waals surface area (Å²) in [6.07, 6.45) is -4.56. The van der Waals surface area contributed by atoms with Crippen LogP contribution in [0, 0.1) is 6.92 Å². The Balaban J connectivity index is 2.21. The predicted octanol–water partition coefficient (Wildman–Crippen LogP) is 3.24. The fraction of sp³-hybridized carbons (Fsp3) is 0.200. The van der Waals surface area contributed by atoms with Gasteiger partial charge in [0.2, 0.25) is 0 Å². The molecule has 0 aliphatic heterocycles. The number of rotatable bonds is 2. The molecule has 1 aromatic carbocycles. The maximum atomic E-state index is 12.3. The summed E-state index contributed by atoms with van der Waals surface area (Å²) in [5.41, 5.74) is 6.81. The lowest BCUT2D eigenvalue weighted by Gasteiger charge is -2.05. The van der Waals surface area contributed by atoms with Crippen LogP contribution in [0.25, 0.3) is 0 Å². The van der Waals surface area contributed by atoms with Gasteiger partial charge in [0.25, 0.3) is 11.0 Å². The highest BCUT2D eigenvalue weighted by Gasteiger charge is 2.36. The van der Waals surface area contributed by atoms with E-state index in [9.17, 15) is 13.2 Å². The van der Waals surface area contributed by atoms with Crippen molar-refractivity contribution in [3.8, 4) is 10.9 Å². The van der Waals surface area contributed by atoms with Crippen LogP contribution in [0.2, 0.25) is 0 Å². The largest absolute Gasteiger partial charge is 0.452 e. The van der Waals surface area contributed by atoms with E-state index >= 15 is 0 Å². The first kappa shape index (κ1) is 12.6. The van der Waals surface area contributed by atoms with Crippen LogP contribution in [0.5, 0.6) is 10.9 Å². The lowest BCUT2D eigenvalue weighted by atomic mass is 10.2. The number of aromatic nitrogens is 2. The molecule has 2 N–H and O–H groups in total. The number of nitrogens with zero attached hydrogens (tertiary/aromatic N) is 2. The zero-order valence-corrected chi connectivity index (χ0v) is 9.97. The fourth-order valence-corrected chi connectivity index (χ4v) is 1.81. The summed E-state index contributed by atoms with van der Waals surface area (Å²) in [6, 6.07) is 4.81. The molecule has 96 valence electrons. The van der Waals surface area contributed by atoms with Gasteiger partial charge in [-0.05, 0) is 30.7 Å². The summed E-state index contributed by atoms with van der Waals surface area (Å²) in [7, 11) is 0. The molecule has 0 unspecified atom stereocenters. The summed E-state index contributed by atoms with van der Waals surface area (Å²) in [6.45, 7) is 1.73. The summed E-state index contributed by atoms with van der Waals surface area (Å²) >= 11 is 0.550. The number of hydrogen-bond donors (Lipinski definition) is 1. The number of benzene rings is 1. The Kier molecular flexibility index (Phi) is 3.12. The van der Waals surface area contributed by atoms with Crippen LogP contribution < -0.4 is 10.5 Å². The van der Waals surface area contributed by atoms with Crippen LogP contribution in [0.3, 0.4) is 0 Å². The van der Waals surface area contributed by atoms with E-state index in [1.54, 1.807) is 25.1 Å². The molecule has 0 amide bonds. The molecule has 0 bridgehead atoms. The Morgan fingerprint density at radius 3 is 2.61 bits per heavy atom. The number of aryl methyl sites for hydroxylation is 1. The summed E-state index contributed by atoms with van der Waals surface area (Å²) in [5.74, 6) is -0.801. The summed E-state index contributed by atoms with van der Waals surface area (Å²) in [5, 5.41) is -0.157. The minimum absolute atomic E-state index is 0.157. The summed E-state index contributed by atoms with van der Waals surface area (Å²) in [4.78, 5) is 3.27. The monoisotopic (exact) mass is 275 g/mol. The number of halogens is 3. The van der Waals surface area contributed by atoms with E-state index in [0.29, 0.717) is 28.5 Å². The normalized spacial score (nSPS) is 11.6. The SMILES string of the molecule is Cc1cc(N)ccc1Oc1nc(C(F)(F)F)ns1. The summed E-state index contributed by atoms with van der Waals surface area (Å²) < 4.78 is 45.3. The highest BCUT2D eigenvalue weighted by molar-refractivity contribution is 7.07. The number of nitrogen functional groups attached to an aromatic ring is 1. The van der Waals surface area contributed by atoms with Gasteiger partial charge < -0.3 is 10.5 Å². The predicted molar refractivity (Wildman–Crippen MR) is 60.6 cm³/mol. The minimum atomic E-state index is -4.56. The second-order valence-corrected chi connectivity index (χ2v) is 4.22. The third-order valence-corrected chi connectivity index (χ3v) is 2.65. The van der Waals surface area contributed by atoms with E-state index in [-0.39, 0.29) is 5.19 Å². The Hall–Kier alpha value is -1.83.